The first-order valence-electron chi connectivity index (χ1n) is 13.6. The highest BCUT2D eigenvalue weighted by Gasteiger charge is 2.33. The molecule has 48 heavy (non-hydrogen) atoms. The molecule has 2 aromatic heterocycles. The zero-order valence-corrected chi connectivity index (χ0v) is 32.2. The summed E-state index contributed by atoms with van der Waals surface area (Å²) in [6, 6.07) is 19.4. The van der Waals surface area contributed by atoms with Crippen LogP contribution in [-0.2, 0) is 11.4 Å². The topological polar surface area (TPSA) is 89.8 Å². The lowest BCUT2D eigenvalue weighted by atomic mass is 10.0. The molecule has 0 aliphatic heterocycles. The van der Waals surface area contributed by atoms with E-state index < -0.39 is 11.4 Å². The van der Waals surface area contributed by atoms with Gasteiger partial charge in [-0.05, 0) is 48.2 Å². The van der Waals surface area contributed by atoms with Crippen molar-refractivity contribution in [3.63, 3.8) is 0 Å². The molecule has 0 aliphatic carbocycles. The number of fused-ring (bicyclic) bond motifs is 1. The van der Waals surface area contributed by atoms with Crippen molar-refractivity contribution >= 4 is 133 Å². The van der Waals surface area contributed by atoms with Gasteiger partial charge in [-0.15, -0.1) is 0 Å². The molecule has 0 unspecified atom stereocenters. The zero-order valence-electron chi connectivity index (χ0n) is 25.4. The molecule has 0 spiro atoms. The molecule has 8 nitrogen and oxygen atoms in total. The van der Waals surface area contributed by atoms with E-state index in [2.05, 4.69) is 29.9 Å². The first kappa shape index (κ1) is 38.7. The Kier molecular flexibility index (Phi) is 12.8. The Morgan fingerprint density at radius 3 is 1.67 bits per heavy atom. The van der Waals surface area contributed by atoms with E-state index in [9.17, 15) is 0 Å². The quantitative estimate of drug-likeness (QED) is 0.162. The third-order valence-electron chi connectivity index (χ3n) is 6.34. The number of benzene rings is 3. The van der Waals surface area contributed by atoms with Gasteiger partial charge in [-0.25, -0.2) is 29.9 Å². The van der Waals surface area contributed by atoms with Gasteiger partial charge in [-0.3, -0.25) is 0 Å². The standard InChI is InChI=1S/C16H12Cl3N3O.C15H12Cl6N4/c1-9-20-14(22-15(21-9)16(17,18)19)12-7-8-13(23-2)11-6-4-3-5-10(11)12;1-25(2)10-6-3-9(4-7-10)5-8-11-22-12(14(16,17)18)24-13(23-11)15(19,20)21/h3-8H,1-2H3;3-8H,1-2H3. The van der Waals surface area contributed by atoms with Crippen molar-refractivity contribution in [1.29, 1.82) is 0 Å². The van der Waals surface area contributed by atoms with Crippen LogP contribution in [0.15, 0.2) is 60.7 Å². The third-order valence-corrected chi connectivity index (χ3v) is 7.86. The van der Waals surface area contributed by atoms with Gasteiger partial charge in [0.05, 0.1) is 7.11 Å². The Labute approximate surface area is 322 Å². The maximum atomic E-state index is 5.91. The fraction of sp³-hybridized carbons (Fsp3) is 0.226. The van der Waals surface area contributed by atoms with E-state index in [0.717, 1.165) is 33.3 Å². The Hall–Kier alpha value is -2.11. The molecule has 0 amide bonds. The van der Waals surface area contributed by atoms with Crippen LogP contribution in [0.5, 0.6) is 5.75 Å². The number of rotatable bonds is 5. The number of halogens is 9. The maximum Gasteiger partial charge on any atom is 0.250 e. The van der Waals surface area contributed by atoms with E-state index in [-0.39, 0.29) is 23.3 Å². The summed E-state index contributed by atoms with van der Waals surface area (Å²) in [4.78, 5) is 26.9. The van der Waals surface area contributed by atoms with Gasteiger partial charge in [0.15, 0.2) is 29.1 Å². The number of nitrogens with zero attached hydrogens (tertiary/aromatic N) is 7. The van der Waals surface area contributed by atoms with Crippen molar-refractivity contribution < 1.29 is 4.74 Å². The van der Waals surface area contributed by atoms with E-state index in [1.807, 2.05) is 79.7 Å². The van der Waals surface area contributed by atoms with Crippen LogP contribution in [0, 0.1) is 6.92 Å². The molecular weight excluding hydrogens is 805 g/mol. The molecule has 3 aromatic carbocycles. The Morgan fingerprint density at radius 2 is 1.15 bits per heavy atom. The van der Waals surface area contributed by atoms with Crippen molar-refractivity contribution in [2.24, 2.45) is 0 Å². The van der Waals surface area contributed by atoms with Gasteiger partial charge in [0.25, 0.3) is 0 Å². The normalized spacial score (nSPS) is 12.2. The van der Waals surface area contributed by atoms with Crippen LogP contribution in [0.25, 0.3) is 34.3 Å². The number of hydrogen-bond donors (Lipinski definition) is 0. The second-order valence-electron chi connectivity index (χ2n) is 10.0. The van der Waals surface area contributed by atoms with Crippen molar-refractivity contribution in [3.8, 4) is 17.1 Å². The molecule has 252 valence electrons. The Morgan fingerprint density at radius 1 is 0.604 bits per heavy atom. The summed E-state index contributed by atoms with van der Waals surface area (Å²) in [5.74, 6) is 1.76. The minimum absolute atomic E-state index is 0.102. The summed E-state index contributed by atoms with van der Waals surface area (Å²) in [5.41, 5.74) is 2.83. The molecule has 0 bridgehead atoms. The average molecular weight is 830 g/mol. The highest BCUT2D eigenvalue weighted by Crippen LogP contribution is 2.40. The SMILES string of the molecule is CN(C)c1ccc(C=Cc2nc(C(Cl)(Cl)Cl)nc(C(Cl)(Cl)Cl)n2)cc1.COc1ccc(-c2nc(C)nc(C(Cl)(Cl)Cl)n2)c2ccccc12. The van der Waals surface area contributed by atoms with Crippen LogP contribution >= 0.6 is 104 Å². The van der Waals surface area contributed by atoms with Crippen molar-refractivity contribution in [1.82, 2.24) is 29.9 Å². The monoisotopic (exact) mass is 825 g/mol. The van der Waals surface area contributed by atoms with E-state index >= 15 is 0 Å². The van der Waals surface area contributed by atoms with Crippen LogP contribution in [0.4, 0.5) is 5.69 Å². The zero-order chi connectivity index (χ0) is 35.4. The van der Waals surface area contributed by atoms with Gasteiger partial charge in [0, 0.05) is 30.7 Å². The van der Waals surface area contributed by atoms with Gasteiger partial charge >= 0.3 is 0 Å². The number of aryl methyl sites for hydroxylation is 1. The molecule has 2 heterocycles. The third kappa shape index (κ3) is 10.2. The van der Waals surface area contributed by atoms with Crippen LogP contribution in [-0.4, -0.2) is 51.1 Å². The molecule has 0 saturated heterocycles. The van der Waals surface area contributed by atoms with Crippen LogP contribution < -0.4 is 9.64 Å². The fourth-order valence-electron chi connectivity index (χ4n) is 4.15. The maximum absolute atomic E-state index is 5.91. The molecule has 0 N–H and O–H groups in total. The predicted octanol–water partition coefficient (Wildman–Crippen LogP) is 10.6. The smallest absolute Gasteiger partial charge is 0.250 e. The summed E-state index contributed by atoms with van der Waals surface area (Å²) < 4.78 is -0.0430. The Bertz CT molecular complexity index is 1890. The summed E-state index contributed by atoms with van der Waals surface area (Å²) >= 11 is 52.8. The molecule has 0 radical (unpaired) electrons. The van der Waals surface area contributed by atoms with Crippen LogP contribution in [0.1, 0.15) is 34.7 Å². The predicted molar refractivity (Wildman–Crippen MR) is 201 cm³/mol. The lowest BCUT2D eigenvalue weighted by molar-refractivity contribution is 0.420. The number of aromatic nitrogens is 6. The van der Waals surface area contributed by atoms with E-state index in [0.29, 0.717) is 11.6 Å². The lowest BCUT2D eigenvalue weighted by Crippen LogP contribution is -2.16. The summed E-state index contributed by atoms with van der Waals surface area (Å²) in [5, 5.41) is 1.91. The van der Waals surface area contributed by atoms with Gasteiger partial charge in [0.2, 0.25) is 11.4 Å². The number of hydrogen-bond acceptors (Lipinski definition) is 8. The van der Waals surface area contributed by atoms with Crippen molar-refractivity contribution in [2.45, 2.75) is 18.3 Å². The molecule has 17 heteroatoms. The van der Waals surface area contributed by atoms with Gasteiger partial charge in [-0.1, -0.05) is 147 Å². The second kappa shape index (κ2) is 15.8. The number of alkyl halides is 9. The number of anilines is 1. The molecule has 5 aromatic rings. The first-order valence-corrected chi connectivity index (χ1v) is 17.0. The summed E-state index contributed by atoms with van der Waals surface area (Å²) in [6.07, 6.45) is 3.41. The highest BCUT2D eigenvalue weighted by molar-refractivity contribution is 6.67. The largest absolute Gasteiger partial charge is 0.496 e. The average Bonchev–Trinajstić information content (AvgIpc) is 3.02. The summed E-state index contributed by atoms with van der Waals surface area (Å²) in [6.45, 7) is 1.73. The minimum Gasteiger partial charge on any atom is -0.496 e. The molecule has 0 aliphatic rings. The molecule has 0 saturated carbocycles. The lowest BCUT2D eigenvalue weighted by Gasteiger charge is -2.14. The van der Waals surface area contributed by atoms with E-state index in [1.54, 1.807) is 26.2 Å². The number of methoxy groups -OCH3 is 1. The van der Waals surface area contributed by atoms with Gasteiger partial charge in [0.1, 0.15) is 11.6 Å². The van der Waals surface area contributed by atoms with Crippen molar-refractivity contribution in [2.75, 3.05) is 26.1 Å². The van der Waals surface area contributed by atoms with E-state index in [1.165, 1.54) is 0 Å². The van der Waals surface area contributed by atoms with Crippen molar-refractivity contribution in [3.05, 3.63) is 95.3 Å². The summed E-state index contributed by atoms with van der Waals surface area (Å²) in [7, 11) is 5.56. The van der Waals surface area contributed by atoms with Gasteiger partial charge < -0.3 is 9.64 Å². The van der Waals surface area contributed by atoms with Crippen LogP contribution in [0.3, 0.4) is 0 Å². The van der Waals surface area contributed by atoms with Gasteiger partial charge in [-0.2, -0.15) is 0 Å². The first-order chi connectivity index (χ1) is 22.4. The number of ether oxygens (including phenoxy) is 1. The molecule has 0 fully saturated rings. The molecule has 0 atom stereocenters. The molecular formula is C31H24Cl9N7O. The van der Waals surface area contributed by atoms with Crippen LogP contribution in [0.2, 0.25) is 0 Å². The van der Waals surface area contributed by atoms with E-state index in [4.69, 9.17) is 109 Å². The molecule has 5 rings (SSSR count). The Balaban J connectivity index is 0.000000217. The second-order valence-corrected chi connectivity index (χ2v) is 16.9. The highest BCUT2D eigenvalue weighted by atomic mass is 35.6. The minimum atomic E-state index is -1.87. The fourth-order valence-corrected chi connectivity index (χ4v) is 4.91.